The Morgan fingerprint density at radius 1 is 1.50 bits per heavy atom. The zero-order chi connectivity index (χ0) is 11.7. The minimum absolute atomic E-state index is 0.279. The van der Waals surface area contributed by atoms with Crippen molar-refractivity contribution >= 4 is 11.6 Å². The molecule has 1 aromatic rings. The van der Waals surface area contributed by atoms with Gasteiger partial charge < -0.3 is 15.2 Å². The number of ether oxygens (including phenoxy) is 2. The summed E-state index contributed by atoms with van der Waals surface area (Å²) in [5.74, 6) is 1.90. The average Bonchev–Trinajstić information content (AvgIpc) is 2.66. The molecule has 1 aliphatic heterocycles. The lowest BCUT2D eigenvalue weighted by atomic mass is 9.93. The van der Waals surface area contributed by atoms with Crippen molar-refractivity contribution in [3.05, 3.63) is 22.2 Å². The van der Waals surface area contributed by atoms with Gasteiger partial charge in [0.1, 0.15) is 0 Å². The van der Waals surface area contributed by atoms with Crippen molar-refractivity contribution in [1.82, 2.24) is 0 Å². The number of hydrogen-bond donors (Lipinski definition) is 1. The van der Waals surface area contributed by atoms with E-state index in [1.54, 1.807) is 0 Å². The first-order chi connectivity index (χ1) is 7.65. The van der Waals surface area contributed by atoms with Crippen molar-refractivity contribution < 1.29 is 9.47 Å². The minimum Gasteiger partial charge on any atom is -0.454 e. The molecule has 0 saturated carbocycles. The Morgan fingerprint density at radius 3 is 2.94 bits per heavy atom. The molecule has 0 aromatic heterocycles. The lowest BCUT2D eigenvalue weighted by Crippen LogP contribution is -2.06. The van der Waals surface area contributed by atoms with Gasteiger partial charge in [-0.3, -0.25) is 0 Å². The Kier molecular flexibility index (Phi) is 3.26. The third kappa shape index (κ3) is 1.85. The van der Waals surface area contributed by atoms with Gasteiger partial charge >= 0.3 is 0 Å². The van der Waals surface area contributed by atoms with Crippen LogP contribution in [0.25, 0.3) is 0 Å². The number of benzene rings is 1. The van der Waals surface area contributed by atoms with Gasteiger partial charge in [-0.05, 0) is 31.4 Å². The smallest absolute Gasteiger partial charge is 0.231 e. The van der Waals surface area contributed by atoms with E-state index in [4.69, 9.17) is 26.8 Å². The van der Waals surface area contributed by atoms with Gasteiger partial charge in [-0.2, -0.15) is 0 Å². The van der Waals surface area contributed by atoms with Crippen molar-refractivity contribution in [2.75, 3.05) is 13.3 Å². The summed E-state index contributed by atoms with van der Waals surface area (Å²) in [6.45, 7) is 5.08. The standard InChI is InChI=1S/C12H16ClNO2/c1-7(3-4-14)11-8(2)12-10(5-9(11)13)15-6-16-12/h5,7H,3-4,6,14H2,1-2H3. The van der Waals surface area contributed by atoms with Gasteiger partial charge in [0.15, 0.2) is 11.5 Å². The molecule has 0 amide bonds. The first-order valence-electron chi connectivity index (χ1n) is 5.43. The van der Waals surface area contributed by atoms with Crippen LogP contribution in [0.15, 0.2) is 6.07 Å². The summed E-state index contributed by atoms with van der Waals surface area (Å²) in [4.78, 5) is 0. The van der Waals surface area contributed by atoms with Gasteiger partial charge in [0, 0.05) is 16.7 Å². The van der Waals surface area contributed by atoms with Gasteiger partial charge in [0.25, 0.3) is 0 Å². The lowest BCUT2D eigenvalue weighted by Gasteiger charge is -2.17. The van der Waals surface area contributed by atoms with E-state index in [9.17, 15) is 0 Å². The Morgan fingerprint density at radius 2 is 2.25 bits per heavy atom. The van der Waals surface area contributed by atoms with E-state index in [-0.39, 0.29) is 6.79 Å². The second kappa shape index (κ2) is 4.52. The van der Waals surface area contributed by atoms with Gasteiger partial charge in [-0.1, -0.05) is 18.5 Å². The van der Waals surface area contributed by atoms with Crippen LogP contribution in [0, 0.1) is 6.92 Å². The first kappa shape index (κ1) is 11.6. The van der Waals surface area contributed by atoms with Crippen molar-refractivity contribution in [2.24, 2.45) is 5.73 Å². The van der Waals surface area contributed by atoms with E-state index < -0.39 is 0 Å². The van der Waals surface area contributed by atoms with Crippen LogP contribution in [0.1, 0.15) is 30.4 Å². The summed E-state index contributed by atoms with van der Waals surface area (Å²) >= 11 is 6.27. The average molecular weight is 242 g/mol. The van der Waals surface area contributed by atoms with Crippen LogP contribution in [-0.2, 0) is 0 Å². The molecule has 2 rings (SSSR count). The number of nitrogens with two attached hydrogens (primary N) is 1. The lowest BCUT2D eigenvalue weighted by molar-refractivity contribution is 0.173. The Bertz CT molecular complexity index is 406. The second-order valence-corrected chi connectivity index (χ2v) is 4.52. The van der Waals surface area contributed by atoms with Crippen LogP contribution in [0.2, 0.25) is 5.02 Å². The van der Waals surface area contributed by atoms with Gasteiger partial charge in [-0.25, -0.2) is 0 Å². The molecule has 1 unspecified atom stereocenters. The van der Waals surface area contributed by atoms with E-state index in [1.807, 2.05) is 13.0 Å². The fraction of sp³-hybridized carbons (Fsp3) is 0.500. The maximum atomic E-state index is 6.27. The molecule has 2 N–H and O–H groups in total. The molecule has 4 heteroatoms. The number of halogens is 1. The summed E-state index contributed by atoms with van der Waals surface area (Å²) in [6.07, 6.45) is 0.917. The molecular formula is C12H16ClNO2. The maximum absolute atomic E-state index is 6.27. The van der Waals surface area contributed by atoms with E-state index in [0.29, 0.717) is 12.5 Å². The Balaban J connectivity index is 2.45. The highest BCUT2D eigenvalue weighted by atomic mass is 35.5. The highest BCUT2D eigenvalue weighted by Gasteiger charge is 2.23. The predicted octanol–water partition coefficient (Wildman–Crippen LogP) is 2.83. The summed E-state index contributed by atoms with van der Waals surface area (Å²) in [6, 6.07) is 1.83. The topological polar surface area (TPSA) is 44.5 Å². The minimum atomic E-state index is 0.279. The Hall–Kier alpha value is -0.930. The van der Waals surface area contributed by atoms with E-state index >= 15 is 0 Å². The van der Waals surface area contributed by atoms with Crippen LogP contribution >= 0.6 is 11.6 Å². The van der Waals surface area contributed by atoms with Crippen molar-refractivity contribution in [3.63, 3.8) is 0 Å². The molecule has 16 heavy (non-hydrogen) atoms. The van der Waals surface area contributed by atoms with Crippen LogP contribution < -0.4 is 15.2 Å². The van der Waals surface area contributed by atoms with Gasteiger partial charge in [0.2, 0.25) is 6.79 Å². The number of fused-ring (bicyclic) bond motifs is 1. The summed E-state index contributed by atoms with van der Waals surface area (Å²) in [7, 11) is 0. The fourth-order valence-electron chi connectivity index (χ4n) is 2.18. The van der Waals surface area contributed by atoms with Gasteiger partial charge in [-0.15, -0.1) is 0 Å². The Labute approximate surface area is 100 Å². The zero-order valence-electron chi connectivity index (χ0n) is 9.55. The van der Waals surface area contributed by atoms with Crippen LogP contribution in [-0.4, -0.2) is 13.3 Å². The van der Waals surface area contributed by atoms with E-state index in [1.165, 1.54) is 0 Å². The molecule has 0 aliphatic carbocycles. The van der Waals surface area contributed by atoms with Crippen molar-refractivity contribution in [1.29, 1.82) is 0 Å². The molecule has 1 atom stereocenters. The molecule has 1 heterocycles. The predicted molar refractivity (Wildman–Crippen MR) is 64.4 cm³/mol. The molecule has 1 aromatic carbocycles. The SMILES string of the molecule is Cc1c2c(cc(Cl)c1C(C)CCN)OCO2. The highest BCUT2D eigenvalue weighted by molar-refractivity contribution is 6.31. The third-order valence-corrected chi connectivity index (χ3v) is 3.31. The quantitative estimate of drug-likeness (QED) is 0.885. The fourth-order valence-corrected chi connectivity index (χ4v) is 2.61. The van der Waals surface area contributed by atoms with Crippen LogP contribution in [0.5, 0.6) is 11.5 Å². The molecule has 88 valence electrons. The first-order valence-corrected chi connectivity index (χ1v) is 5.81. The zero-order valence-corrected chi connectivity index (χ0v) is 10.3. The largest absolute Gasteiger partial charge is 0.454 e. The highest BCUT2D eigenvalue weighted by Crippen LogP contribution is 2.43. The summed E-state index contributed by atoms with van der Waals surface area (Å²) < 4.78 is 10.8. The number of rotatable bonds is 3. The van der Waals surface area contributed by atoms with Gasteiger partial charge in [0.05, 0.1) is 0 Å². The molecule has 1 aliphatic rings. The van der Waals surface area contributed by atoms with Crippen molar-refractivity contribution in [2.45, 2.75) is 26.2 Å². The molecular weight excluding hydrogens is 226 g/mol. The molecule has 0 saturated heterocycles. The van der Waals surface area contributed by atoms with E-state index in [0.717, 1.165) is 34.1 Å². The van der Waals surface area contributed by atoms with Crippen LogP contribution in [0.4, 0.5) is 0 Å². The molecule has 0 bridgehead atoms. The normalized spacial score (nSPS) is 15.2. The molecule has 0 radical (unpaired) electrons. The molecule has 0 fully saturated rings. The van der Waals surface area contributed by atoms with Crippen LogP contribution in [0.3, 0.4) is 0 Å². The third-order valence-electron chi connectivity index (χ3n) is 2.99. The monoisotopic (exact) mass is 241 g/mol. The van der Waals surface area contributed by atoms with E-state index in [2.05, 4.69) is 6.92 Å². The molecule has 3 nitrogen and oxygen atoms in total. The maximum Gasteiger partial charge on any atom is 0.231 e. The summed E-state index contributed by atoms with van der Waals surface area (Å²) in [5, 5.41) is 0.739. The molecule has 0 spiro atoms. The second-order valence-electron chi connectivity index (χ2n) is 4.11. The van der Waals surface area contributed by atoms with Crippen molar-refractivity contribution in [3.8, 4) is 11.5 Å². The number of hydrogen-bond acceptors (Lipinski definition) is 3. The summed E-state index contributed by atoms with van der Waals surface area (Å²) in [5.41, 5.74) is 7.77.